The largest absolute Gasteiger partial charge is 0.379 e. The Bertz CT molecular complexity index is 755. The predicted molar refractivity (Wildman–Crippen MR) is 90.7 cm³/mol. The molecule has 1 atom stereocenters. The van der Waals surface area contributed by atoms with Crippen LogP contribution in [0.1, 0.15) is 12.5 Å². The molecule has 0 bridgehead atoms. The van der Waals surface area contributed by atoms with Gasteiger partial charge in [0.15, 0.2) is 0 Å². The number of rotatable bonds is 4. The molecule has 0 aliphatic carbocycles. The maximum Gasteiger partial charge on any atom is 0.129 e. The van der Waals surface area contributed by atoms with E-state index in [1.54, 1.807) is 0 Å². The van der Waals surface area contributed by atoms with Gasteiger partial charge in [-0.2, -0.15) is 8.75 Å². The van der Waals surface area contributed by atoms with E-state index in [4.69, 9.17) is 23.2 Å². The topological polar surface area (TPSA) is 37.8 Å². The molecule has 2 aromatic carbocycles. The molecule has 3 nitrogen and oxygen atoms in total. The first-order valence-corrected chi connectivity index (χ1v) is 8.04. The summed E-state index contributed by atoms with van der Waals surface area (Å²) in [5.41, 5.74) is 3.77. The third-order valence-electron chi connectivity index (χ3n) is 3.22. The van der Waals surface area contributed by atoms with E-state index in [0.29, 0.717) is 5.02 Å². The number of nitrogens with one attached hydrogen (secondary N) is 1. The molecule has 1 N–H and O–H groups in total. The molecule has 1 heterocycles. The average molecular weight is 338 g/mol. The second-order valence-corrected chi connectivity index (χ2v) is 6.30. The van der Waals surface area contributed by atoms with E-state index in [0.717, 1.165) is 28.2 Å². The Kier molecular flexibility index (Phi) is 4.29. The van der Waals surface area contributed by atoms with Crippen LogP contribution in [0.2, 0.25) is 10.0 Å². The molecule has 0 saturated carbocycles. The van der Waals surface area contributed by atoms with E-state index in [2.05, 4.69) is 21.0 Å². The molecule has 3 aromatic rings. The van der Waals surface area contributed by atoms with Gasteiger partial charge in [-0.25, -0.2) is 0 Å². The number of benzene rings is 2. The molecule has 0 aliphatic heterocycles. The zero-order valence-electron chi connectivity index (χ0n) is 11.3. The van der Waals surface area contributed by atoms with Crippen LogP contribution in [0.4, 0.5) is 5.69 Å². The minimum atomic E-state index is 0.218. The first-order chi connectivity index (χ1) is 10.1. The fourth-order valence-electron chi connectivity index (χ4n) is 2.24. The zero-order chi connectivity index (χ0) is 14.8. The number of halogens is 2. The highest BCUT2D eigenvalue weighted by Gasteiger charge is 2.12. The van der Waals surface area contributed by atoms with Gasteiger partial charge in [0.2, 0.25) is 0 Å². The lowest BCUT2D eigenvalue weighted by Crippen LogP contribution is -2.18. The first-order valence-electron chi connectivity index (χ1n) is 6.55. The van der Waals surface area contributed by atoms with Crippen molar-refractivity contribution in [1.82, 2.24) is 8.75 Å². The summed E-state index contributed by atoms with van der Waals surface area (Å²) in [4.78, 5) is 0. The lowest BCUT2D eigenvalue weighted by molar-refractivity contribution is 0.791. The Morgan fingerprint density at radius 3 is 2.62 bits per heavy atom. The normalized spacial score (nSPS) is 12.5. The standard InChI is InChI=1S/C15H13Cl2N3S/c1-9(8-10-2-4-11(16)5-3-10)18-14-12(17)6-7-13-15(14)20-21-19-13/h2-7,9,18H,8H2,1H3. The SMILES string of the molecule is CC(Cc1ccc(Cl)cc1)Nc1c(Cl)ccc2nsnc12. The lowest BCUT2D eigenvalue weighted by Gasteiger charge is -2.16. The van der Waals surface area contributed by atoms with E-state index in [-0.39, 0.29) is 6.04 Å². The molecule has 0 fully saturated rings. The van der Waals surface area contributed by atoms with Crippen LogP contribution in [0, 0.1) is 0 Å². The van der Waals surface area contributed by atoms with Crippen molar-refractivity contribution >= 4 is 51.7 Å². The Balaban J connectivity index is 1.79. The molecule has 108 valence electrons. The van der Waals surface area contributed by atoms with Crippen molar-refractivity contribution in [1.29, 1.82) is 0 Å². The summed E-state index contributed by atoms with van der Waals surface area (Å²) in [7, 11) is 0. The van der Waals surface area contributed by atoms with E-state index in [1.165, 1.54) is 17.3 Å². The Morgan fingerprint density at radius 1 is 1.10 bits per heavy atom. The van der Waals surface area contributed by atoms with Crippen LogP contribution in [0.5, 0.6) is 0 Å². The molecule has 6 heteroatoms. The summed E-state index contributed by atoms with van der Waals surface area (Å²) < 4.78 is 8.56. The fourth-order valence-corrected chi connectivity index (χ4v) is 3.11. The van der Waals surface area contributed by atoms with Crippen molar-refractivity contribution < 1.29 is 0 Å². The molecular formula is C15H13Cl2N3S. The first kappa shape index (κ1) is 14.6. The molecule has 0 saturated heterocycles. The highest BCUT2D eigenvalue weighted by atomic mass is 35.5. The second-order valence-electron chi connectivity index (χ2n) is 4.93. The van der Waals surface area contributed by atoms with Crippen LogP contribution in [0.15, 0.2) is 36.4 Å². The van der Waals surface area contributed by atoms with Gasteiger partial charge in [-0.05, 0) is 43.2 Å². The molecule has 3 rings (SSSR count). The van der Waals surface area contributed by atoms with Crippen LogP contribution in [0.3, 0.4) is 0 Å². The summed E-state index contributed by atoms with van der Waals surface area (Å²) in [5.74, 6) is 0. The summed E-state index contributed by atoms with van der Waals surface area (Å²) in [5, 5.41) is 4.86. The van der Waals surface area contributed by atoms with Gasteiger partial charge < -0.3 is 5.32 Å². The second kappa shape index (κ2) is 6.18. The van der Waals surface area contributed by atoms with Gasteiger partial charge in [-0.3, -0.25) is 0 Å². The number of aromatic nitrogens is 2. The number of nitrogens with zero attached hydrogens (tertiary/aromatic N) is 2. The number of anilines is 1. The molecule has 1 unspecified atom stereocenters. The summed E-state index contributed by atoms with van der Waals surface area (Å²) >= 11 is 13.4. The Hall–Kier alpha value is -1.36. The summed E-state index contributed by atoms with van der Waals surface area (Å²) in [6.45, 7) is 2.11. The van der Waals surface area contributed by atoms with Crippen LogP contribution in [-0.2, 0) is 6.42 Å². The van der Waals surface area contributed by atoms with Crippen LogP contribution in [-0.4, -0.2) is 14.8 Å². The van der Waals surface area contributed by atoms with Gasteiger partial charge in [-0.1, -0.05) is 35.3 Å². The number of hydrogen-bond acceptors (Lipinski definition) is 4. The van der Waals surface area contributed by atoms with Crippen molar-refractivity contribution in [3.63, 3.8) is 0 Å². The Labute approximate surface area is 137 Å². The van der Waals surface area contributed by atoms with E-state index < -0.39 is 0 Å². The summed E-state index contributed by atoms with van der Waals surface area (Å²) in [6, 6.07) is 11.8. The van der Waals surface area contributed by atoms with Gasteiger partial charge >= 0.3 is 0 Å². The van der Waals surface area contributed by atoms with E-state index in [9.17, 15) is 0 Å². The smallest absolute Gasteiger partial charge is 0.129 e. The highest BCUT2D eigenvalue weighted by molar-refractivity contribution is 7.00. The van der Waals surface area contributed by atoms with Crippen LogP contribution < -0.4 is 5.32 Å². The molecule has 0 spiro atoms. The minimum absolute atomic E-state index is 0.218. The van der Waals surface area contributed by atoms with Crippen molar-refractivity contribution in [2.75, 3.05) is 5.32 Å². The predicted octanol–water partition coefficient (Wildman–Crippen LogP) is 5.04. The zero-order valence-corrected chi connectivity index (χ0v) is 13.6. The quantitative estimate of drug-likeness (QED) is 0.724. The van der Waals surface area contributed by atoms with Gasteiger partial charge in [0.05, 0.1) is 22.4 Å². The summed E-state index contributed by atoms with van der Waals surface area (Å²) in [6.07, 6.45) is 0.876. The number of fused-ring (bicyclic) bond motifs is 1. The van der Waals surface area contributed by atoms with Gasteiger partial charge in [-0.15, -0.1) is 0 Å². The molecule has 0 amide bonds. The molecule has 0 aliphatic rings. The maximum absolute atomic E-state index is 6.28. The highest BCUT2D eigenvalue weighted by Crippen LogP contribution is 2.30. The third-order valence-corrected chi connectivity index (χ3v) is 4.33. The monoisotopic (exact) mass is 337 g/mol. The van der Waals surface area contributed by atoms with Crippen LogP contribution in [0.25, 0.3) is 11.0 Å². The van der Waals surface area contributed by atoms with Crippen molar-refractivity contribution in [3.05, 3.63) is 52.0 Å². The molecule has 0 radical (unpaired) electrons. The molecule has 21 heavy (non-hydrogen) atoms. The van der Waals surface area contributed by atoms with Crippen molar-refractivity contribution in [2.45, 2.75) is 19.4 Å². The molecular weight excluding hydrogens is 325 g/mol. The number of hydrogen-bond donors (Lipinski definition) is 1. The average Bonchev–Trinajstić information content (AvgIpc) is 2.93. The Morgan fingerprint density at radius 2 is 1.86 bits per heavy atom. The fraction of sp³-hybridized carbons (Fsp3) is 0.200. The van der Waals surface area contributed by atoms with Gasteiger partial charge in [0.25, 0.3) is 0 Å². The van der Waals surface area contributed by atoms with Gasteiger partial charge in [0, 0.05) is 11.1 Å². The maximum atomic E-state index is 6.28. The lowest BCUT2D eigenvalue weighted by atomic mass is 10.1. The molecule has 1 aromatic heterocycles. The van der Waals surface area contributed by atoms with Crippen molar-refractivity contribution in [2.24, 2.45) is 0 Å². The van der Waals surface area contributed by atoms with Crippen LogP contribution >= 0.6 is 34.9 Å². The minimum Gasteiger partial charge on any atom is -0.379 e. The van der Waals surface area contributed by atoms with Crippen molar-refractivity contribution in [3.8, 4) is 0 Å². The van der Waals surface area contributed by atoms with E-state index in [1.807, 2.05) is 36.4 Å². The third kappa shape index (κ3) is 3.28. The van der Waals surface area contributed by atoms with E-state index >= 15 is 0 Å². The van der Waals surface area contributed by atoms with Gasteiger partial charge in [0.1, 0.15) is 11.0 Å².